The van der Waals surface area contributed by atoms with Gasteiger partial charge in [0.15, 0.2) is 0 Å². The van der Waals surface area contributed by atoms with Crippen molar-refractivity contribution < 1.29 is 8.83 Å². The molecule has 0 bridgehead atoms. The van der Waals surface area contributed by atoms with E-state index in [4.69, 9.17) is 8.83 Å². The largest absolute Gasteiger partial charge is 0.519 e. The minimum absolute atomic E-state index is 0.481. The van der Waals surface area contributed by atoms with Crippen LogP contribution >= 0.6 is 0 Å². The van der Waals surface area contributed by atoms with Gasteiger partial charge in [0.2, 0.25) is 0 Å². The van der Waals surface area contributed by atoms with Crippen molar-refractivity contribution in [2.24, 2.45) is 5.92 Å². The van der Waals surface area contributed by atoms with E-state index in [-0.39, 0.29) is 0 Å². The first-order valence-electron chi connectivity index (χ1n) is 5.10. The molecular formula is C11H20O3. The van der Waals surface area contributed by atoms with Crippen LogP contribution in [-0.4, -0.2) is 0 Å². The lowest BCUT2D eigenvalue weighted by Crippen LogP contribution is -1.94. The molecule has 0 aliphatic heterocycles. The topological polar surface area (TPSA) is 43.4 Å². The van der Waals surface area contributed by atoms with E-state index >= 15 is 0 Å². The van der Waals surface area contributed by atoms with E-state index in [0.717, 1.165) is 6.42 Å². The number of aryl methyl sites for hydroxylation is 1. The lowest BCUT2D eigenvalue weighted by Gasteiger charge is -1.98. The van der Waals surface area contributed by atoms with E-state index in [9.17, 15) is 4.79 Å². The Labute approximate surface area is 85.1 Å². The molecule has 0 aliphatic rings. The molecule has 1 aromatic rings. The van der Waals surface area contributed by atoms with Gasteiger partial charge >= 0.3 is 5.82 Å². The summed E-state index contributed by atoms with van der Waals surface area (Å²) in [6.45, 7) is 10.1. The van der Waals surface area contributed by atoms with Crippen LogP contribution in [0.15, 0.2) is 13.6 Å². The third-order valence-electron chi connectivity index (χ3n) is 1.43. The zero-order chi connectivity index (χ0) is 11.1. The minimum atomic E-state index is -0.599. The van der Waals surface area contributed by atoms with Gasteiger partial charge in [-0.05, 0) is 12.8 Å². The molecule has 1 aromatic heterocycles. The Balaban J connectivity index is 0.000000500. The van der Waals surface area contributed by atoms with Crippen molar-refractivity contribution in [2.45, 2.75) is 47.5 Å². The summed E-state index contributed by atoms with van der Waals surface area (Å²) in [6.07, 6.45) is 2.01. The Hall–Kier alpha value is -0.990. The molecule has 3 heteroatoms. The van der Waals surface area contributed by atoms with Crippen LogP contribution in [-0.2, 0) is 6.42 Å². The van der Waals surface area contributed by atoms with Crippen molar-refractivity contribution in [3.8, 4) is 0 Å². The van der Waals surface area contributed by atoms with Crippen molar-refractivity contribution in [2.75, 3.05) is 0 Å². The maximum atomic E-state index is 10.6. The van der Waals surface area contributed by atoms with Crippen LogP contribution in [0.4, 0.5) is 0 Å². The van der Waals surface area contributed by atoms with Crippen molar-refractivity contribution in [3.05, 3.63) is 22.1 Å². The first-order valence-corrected chi connectivity index (χ1v) is 5.10. The van der Waals surface area contributed by atoms with Gasteiger partial charge in [-0.3, -0.25) is 0 Å². The highest BCUT2D eigenvalue weighted by molar-refractivity contribution is 5.00. The van der Waals surface area contributed by atoms with Crippen LogP contribution in [0.2, 0.25) is 0 Å². The molecule has 0 saturated carbocycles. The molecule has 0 saturated heterocycles. The smallest absolute Gasteiger partial charge is 0.396 e. The Morgan fingerprint density at radius 1 is 1.21 bits per heavy atom. The van der Waals surface area contributed by atoms with Crippen LogP contribution in [0.5, 0.6) is 0 Å². The SMILES string of the molecule is CCC.Cc1oc(=O)oc1CC(C)C. The third kappa shape index (κ3) is 4.90. The fourth-order valence-electron chi connectivity index (χ4n) is 0.931. The predicted octanol–water partition coefficient (Wildman–Crippen LogP) is 3.16. The highest BCUT2D eigenvalue weighted by Crippen LogP contribution is 2.10. The van der Waals surface area contributed by atoms with Gasteiger partial charge in [0.05, 0.1) is 0 Å². The standard InChI is InChI=1S/C8H12O3.C3H8/c1-5(2)4-7-6(3)10-8(9)11-7;1-3-2/h5H,4H2,1-3H3;3H2,1-2H3. The maximum absolute atomic E-state index is 10.6. The molecule has 1 heterocycles. The normalized spacial score (nSPS) is 9.86. The van der Waals surface area contributed by atoms with Gasteiger partial charge in [-0.2, -0.15) is 0 Å². The highest BCUT2D eigenvalue weighted by atomic mass is 16.6. The van der Waals surface area contributed by atoms with Crippen molar-refractivity contribution >= 4 is 0 Å². The van der Waals surface area contributed by atoms with Gasteiger partial charge in [0.1, 0.15) is 11.5 Å². The van der Waals surface area contributed by atoms with Gasteiger partial charge in [-0.15, -0.1) is 0 Å². The lowest BCUT2D eigenvalue weighted by atomic mass is 10.1. The monoisotopic (exact) mass is 200 g/mol. The summed E-state index contributed by atoms with van der Waals surface area (Å²) in [5.74, 6) is 1.15. The number of rotatable bonds is 2. The summed E-state index contributed by atoms with van der Waals surface area (Å²) >= 11 is 0. The molecule has 0 atom stereocenters. The van der Waals surface area contributed by atoms with E-state index < -0.39 is 5.82 Å². The molecule has 0 aromatic carbocycles. The van der Waals surface area contributed by atoms with E-state index in [1.165, 1.54) is 6.42 Å². The Morgan fingerprint density at radius 2 is 1.71 bits per heavy atom. The summed E-state index contributed by atoms with van der Waals surface area (Å²) in [5.41, 5.74) is 0. The fraction of sp³-hybridized carbons (Fsp3) is 0.727. The lowest BCUT2D eigenvalue weighted by molar-refractivity contribution is 0.364. The van der Waals surface area contributed by atoms with Gasteiger partial charge in [-0.1, -0.05) is 34.1 Å². The summed E-state index contributed by atoms with van der Waals surface area (Å²) < 4.78 is 9.50. The molecule has 1 rings (SSSR count). The quantitative estimate of drug-likeness (QED) is 0.736. The second-order valence-corrected chi connectivity index (χ2v) is 3.74. The van der Waals surface area contributed by atoms with E-state index in [2.05, 4.69) is 27.7 Å². The number of hydrogen-bond donors (Lipinski definition) is 0. The van der Waals surface area contributed by atoms with Crippen LogP contribution in [0.25, 0.3) is 0 Å². The Morgan fingerprint density at radius 3 is 2.00 bits per heavy atom. The van der Waals surface area contributed by atoms with Crippen molar-refractivity contribution in [1.82, 2.24) is 0 Å². The average Bonchev–Trinajstić information content (AvgIpc) is 2.30. The van der Waals surface area contributed by atoms with Crippen LogP contribution in [0.3, 0.4) is 0 Å². The fourth-order valence-corrected chi connectivity index (χ4v) is 0.931. The van der Waals surface area contributed by atoms with Gasteiger partial charge in [-0.25, -0.2) is 4.79 Å². The van der Waals surface area contributed by atoms with E-state index in [1.54, 1.807) is 6.92 Å². The molecule has 0 fully saturated rings. The van der Waals surface area contributed by atoms with Crippen LogP contribution in [0, 0.1) is 12.8 Å². The van der Waals surface area contributed by atoms with E-state index in [0.29, 0.717) is 17.4 Å². The predicted molar refractivity (Wildman–Crippen MR) is 56.5 cm³/mol. The molecule has 0 unspecified atom stereocenters. The molecule has 14 heavy (non-hydrogen) atoms. The molecule has 0 spiro atoms. The third-order valence-corrected chi connectivity index (χ3v) is 1.43. The van der Waals surface area contributed by atoms with Crippen LogP contribution in [0.1, 0.15) is 45.6 Å². The Bertz CT molecular complexity index is 294. The zero-order valence-corrected chi connectivity index (χ0v) is 9.72. The average molecular weight is 200 g/mol. The molecule has 0 aliphatic carbocycles. The van der Waals surface area contributed by atoms with Gasteiger partial charge < -0.3 is 8.83 Å². The molecular weight excluding hydrogens is 180 g/mol. The molecule has 3 nitrogen and oxygen atoms in total. The first kappa shape index (κ1) is 13.0. The molecule has 0 amide bonds. The molecule has 0 N–H and O–H groups in total. The highest BCUT2D eigenvalue weighted by Gasteiger charge is 2.09. The van der Waals surface area contributed by atoms with Gasteiger partial charge in [0.25, 0.3) is 0 Å². The van der Waals surface area contributed by atoms with Crippen molar-refractivity contribution in [3.63, 3.8) is 0 Å². The minimum Gasteiger partial charge on any atom is -0.396 e. The van der Waals surface area contributed by atoms with Crippen LogP contribution < -0.4 is 5.82 Å². The summed E-state index contributed by atoms with van der Waals surface area (Å²) in [7, 11) is 0. The summed E-state index contributed by atoms with van der Waals surface area (Å²) in [5, 5.41) is 0. The summed E-state index contributed by atoms with van der Waals surface area (Å²) in [4.78, 5) is 10.6. The molecule has 82 valence electrons. The zero-order valence-electron chi connectivity index (χ0n) is 9.72. The van der Waals surface area contributed by atoms with E-state index in [1.807, 2.05) is 0 Å². The second kappa shape index (κ2) is 6.46. The first-order chi connectivity index (χ1) is 6.51. The number of hydrogen-bond acceptors (Lipinski definition) is 3. The summed E-state index contributed by atoms with van der Waals surface area (Å²) in [6, 6.07) is 0. The van der Waals surface area contributed by atoms with Crippen molar-refractivity contribution in [1.29, 1.82) is 0 Å². The molecule has 0 radical (unpaired) electrons. The second-order valence-electron chi connectivity index (χ2n) is 3.74. The maximum Gasteiger partial charge on any atom is 0.519 e. The Kier molecular flexibility index (Phi) is 6.00. The van der Waals surface area contributed by atoms with Gasteiger partial charge in [0, 0.05) is 6.42 Å².